The van der Waals surface area contributed by atoms with Crippen molar-refractivity contribution in [2.24, 2.45) is 0 Å². The molecule has 0 atom stereocenters. The maximum absolute atomic E-state index is 11.0. The van der Waals surface area contributed by atoms with E-state index in [2.05, 4.69) is 0 Å². The molecule has 0 aliphatic carbocycles. The second-order valence-corrected chi connectivity index (χ2v) is 6.94. The minimum atomic E-state index is -0.0284. The first-order chi connectivity index (χ1) is 14.6. The minimum Gasteiger partial charge on any atom is -0.507 e. The number of phenolic OH excluding ortho intramolecular Hbond substituents is 2. The van der Waals surface area contributed by atoms with Crippen LogP contribution in [0.25, 0.3) is 33.4 Å². The molecule has 146 valence electrons. The fourth-order valence-corrected chi connectivity index (χ4v) is 3.37. The summed E-state index contributed by atoms with van der Waals surface area (Å²) in [5, 5.41) is 19.3. The van der Waals surface area contributed by atoms with Gasteiger partial charge in [-0.15, -0.1) is 0 Å². The van der Waals surface area contributed by atoms with E-state index >= 15 is 0 Å². The van der Waals surface area contributed by atoms with Crippen LogP contribution in [0.4, 0.5) is 0 Å². The van der Waals surface area contributed by atoms with Gasteiger partial charge in [0.1, 0.15) is 11.5 Å². The number of rotatable bonds is 5. The number of aldehydes is 2. The van der Waals surface area contributed by atoms with Gasteiger partial charge in [0, 0.05) is 0 Å². The first-order valence-corrected chi connectivity index (χ1v) is 9.36. The van der Waals surface area contributed by atoms with E-state index in [0.29, 0.717) is 12.6 Å². The summed E-state index contributed by atoms with van der Waals surface area (Å²) in [7, 11) is 0. The lowest BCUT2D eigenvalue weighted by Gasteiger charge is -2.08. The van der Waals surface area contributed by atoms with E-state index in [1.54, 1.807) is 24.3 Å². The second-order valence-electron chi connectivity index (χ2n) is 6.94. The van der Waals surface area contributed by atoms with Crippen LogP contribution in [0.5, 0.6) is 11.5 Å². The summed E-state index contributed by atoms with van der Waals surface area (Å²) in [5.74, 6) is -0.0568. The third kappa shape index (κ3) is 3.71. The summed E-state index contributed by atoms with van der Waals surface area (Å²) in [6.07, 6.45) is 1.28. The van der Waals surface area contributed by atoms with Gasteiger partial charge >= 0.3 is 0 Å². The molecule has 0 radical (unpaired) electrons. The van der Waals surface area contributed by atoms with E-state index in [1.165, 1.54) is 12.1 Å². The zero-order valence-corrected chi connectivity index (χ0v) is 15.9. The molecule has 4 rings (SSSR count). The summed E-state index contributed by atoms with van der Waals surface area (Å²) >= 11 is 0. The molecule has 4 heteroatoms. The molecule has 0 fully saturated rings. The molecule has 0 amide bonds. The van der Waals surface area contributed by atoms with Crippen LogP contribution in [-0.4, -0.2) is 22.8 Å². The average molecular weight is 394 g/mol. The molecular weight excluding hydrogens is 376 g/mol. The van der Waals surface area contributed by atoms with Crippen LogP contribution in [-0.2, 0) is 0 Å². The van der Waals surface area contributed by atoms with Crippen LogP contribution >= 0.6 is 0 Å². The van der Waals surface area contributed by atoms with Crippen molar-refractivity contribution in [2.45, 2.75) is 0 Å². The van der Waals surface area contributed by atoms with Crippen LogP contribution in [0.1, 0.15) is 20.7 Å². The van der Waals surface area contributed by atoms with Crippen molar-refractivity contribution in [3.05, 3.63) is 96.1 Å². The molecule has 0 bridgehead atoms. The summed E-state index contributed by atoms with van der Waals surface area (Å²) in [6, 6.07) is 25.8. The average Bonchev–Trinajstić information content (AvgIpc) is 2.80. The number of carbonyl (C=O) groups is 2. The van der Waals surface area contributed by atoms with Gasteiger partial charge in [-0.3, -0.25) is 9.59 Å². The largest absolute Gasteiger partial charge is 0.507 e. The topological polar surface area (TPSA) is 74.6 Å². The number of aromatic hydroxyl groups is 2. The monoisotopic (exact) mass is 394 g/mol. The van der Waals surface area contributed by atoms with Gasteiger partial charge < -0.3 is 10.2 Å². The number of hydrogen-bond acceptors (Lipinski definition) is 4. The number of hydrogen-bond donors (Lipinski definition) is 2. The van der Waals surface area contributed by atoms with E-state index in [-0.39, 0.29) is 22.6 Å². The van der Waals surface area contributed by atoms with Gasteiger partial charge in [0.2, 0.25) is 0 Å². The molecule has 0 aliphatic rings. The molecule has 0 aliphatic heterocycles. The SMILES string of the molecule is O=Cc1cc(-c2ccc(-c3ccc(-c4ccc(O)c(C=O)c4)cc3)cc2)ccc1O. The van der Waals surface area contributed by atoms with Gasteiger partial charge in [0.25, 0.3) is 0 Å². The molecular formula is C26H18O4. The van der Waals surface area contributed by atoms with Crippen molar-refractivity contribution < 1.29 is 19.8 Å². The van der Waals surface area contributed by atoms with Gasteiger partial charge in [-0.2, -0.15) is 0 Å². The van der Waals surface area contributed by atoms with E-state index in [0.717, 1.165) is 33.4 Å². The first-order valence-electron chi connectivity index (χ1n) is 9.36. The third-order valence-corrected chi connectivity index (χ3v) is 5.08. The van der Waals surface area contributed by atoms with Crippen molar-refractivity contribution in [1.82, 2.24) is 0 Å². The van der Waals surface area contributed by atoms with E-state index < -0.39 is 0 Å². The van der Waals surface area contributed by atoms with Crippen LogP contribution in [0.3, 0.4) is 0 Å². The van der Waals surface area contributed by atoms with Crippen LogP contribution in [0.2, 0.25) is 0 Å². The Labute approximate surface area is 173 Å². The lowest BCUT2D eigenvalue weighted by Crippen LogP contribution is -1.86. The van der Waals surface area contributed by atoms with Crippen molar-refractivity contribution in [1.29, 1.82) is 0 Å². The minimum absolute atomic E-state index is 0.0284. The summed E-state index contributed by atoms with van der Waals surface area (Å²) < 4.78 is 0. The summed E-state index contributed by atoms with van der Waals surface area (Å²) in [6.45, 7) is 0. The Morgan fingerprint density at radius 2 is 0.700 bits per heavy atom. The van der Waals surface area contributed by atoms with E-state index in [4.69, 9.17) is 0 Å². The molecule has 4 aromatic carbocycles. The predicted molar refractivity (Wildman–Crippen MR) is 117 cm³/mol. The van der Waals surface area contributed by atoms with Crippen LogP contribution in [0.15, 0.2) is 84.9 Å². The Hall–Kier alpha value is -4.18. The Morgan fingerprint density at radius 1 is 0.433 bits per heavy atom. The molecule has 4 nitrogen and oxygen atoms in total. The smallest absolute Gasteiger partial charge is 0.153 e. The molecule has 0 heterocycles. The Kier molecular flexibility index (Phi) is 5.14. The van der Waals surface area contributed by atoms with Crippen molar-refractivity contribution >= 4 is 12.6 Å². The Bertz CT molecular complexity index is 1120. The Balaban J connectivity index is 1.59. The van der Waals surface area contributed by atoms with Crippen LogP contribution < -0.4 is 0 Å². The van der Waals surface area contributed by atoms with Crippen molar-refractivity contribution in [2.75, 3.05) is 0 Å². The molecule has 4 aromatic rings. The van der Waals surface area contributed by atoms with Gasteiger partial charge in [0.15, 0.2) is 12.6 Å². The second kappa shape index (κ2) is 8.05. The van der Waals surface area contributed by atoms with Crippen molar-refractivity contribution in [3.63, 3.8) is 0 Å². The predicted octanol–water partition coefficient (Wildman–Crippen LogP) is 5.72. The fraction of sp³-hybridized carbons (Fsp3) is 0. The van der Waals surface area contributed by atoms with Gasteiger partial charge in [0.05, 0.1) is 11.1 Å². The zero-order valence-electron chi connectivity index (χ0n) is 15.9. The summed E-state index contributed by atoms with van der Waals surface area (Å²) in [4.78, 5) is 22.1. The molecule has 0 saturated carbocycles. The lowest BCUT2D eigenvalue weighted by atomic mass is 9.97. The quantitative estimate of drug-likeness (QED) is 0.424. The number of phenols is 2. The highest BCUT2D eigenvalue weighted by Gasteiger charge is 2.07. The lowest BCUT2D eigenvalue weighted by molar-refractivity contribution is 0.111. The number of carbonyl (C=O) groups excluding carboxylic acids is 2. The number of benzene rings is 4. The van der Waals surface area contributed by atoms with E-state index in [9.17, 15) is 19.8 Å². The zero-order chi connectivity index (χ0) is 21.1. The summed E-state index contributed by atoms with van der Waals surface area (Å²) in [5.41, 5.74) is 6.22. The van der Waals surface area contributed by atoms with E-state index in [1.807, 2.05) is 48.5 Å². The highest BCUT2D eigenvalue weighted by Crippen LogP contribution is 2.30. The van der Waals surface area contributed by atoms with Gasteiger partial charge in [-0.25, -0.2) is 0 Å². The normalized spacial score (nSPS) is 10.5. The highest BCUT2D eigenvalue weighted by molar-refractivity contribution is 5.84. The molecule has 30 heavy (non-hydrogen) atoms. The first kappa shape index (κ1) is 19.2. The van der Waals surface area contributed by atoms with Crippen LogP contribution in [0, 0.1) is 0 Å². The van der Waals surface area contributed by atoms with Gasteiger partial charge in [-0.05, 0) is 57.6 Å². The molecule has 2 N–H and O–H groups in total. The molecule has 0 unspecified atom stereocenters. The molecule has 0 saturated heterocycles. The third-order valence-electron chi connectivity index (χ3n) is 5.08. The van der Waals surface area contributed by atoms with Crippen molar-refractivity contribution in [3.8, 4) is 44.9 Å². The maximum Gasteiger partial charge on any atom is 0.153 e. The van der Waals surface area contributed by atoms with Gasteiger partial charge in [-0.1, -0.05) is 60.7 Å². The molecule has 0 aromatic heterocycles. The standard InChI is InChI=1S/C26H18O4/c27-15-23-13-21(9-11-25(23)29)19-5-1-17(2-6-19)18-3-7-20(8-4-18)22-10-12-26(30)24(14-22)16-28/h1-16,29-30H. The Morgan fingerprint density at radius 3 is 1.00 bits per heavy atom. The maximum atomic E-state index is 11.0. The fourth-order valence-electron chi connectivity index (χ4n) is 3.37. The highest BCUT2D eigenvalue weighted by atomic mass is 16.3. The molecule has 0 spiro atoms.